The number of pyridine rings is 1. The SMILES string of the molecule is CN(C[C@@H]1CCCCO1)C(=O)c1ccc(-c2cc(N)ccn2)cc1. The summed E-state index contributed by atoms with van der Waals surface area (Å²) in [5.74, 6) is 0.0104. The van der Waals surface area contributed by atoms with E-state index in [4.69, 9.17) is 10.5 Å². The van der Waals surface area contributed by atoms with Gasteiger partial charge >= 0.3 is 0 Å². The summed E-state index contributed by atoms with van der Waals surface area (Å²) in [7, 11) is 1.83. The molecule has 5 nitrogen and oxygen atoms in total. The number of ether oxygens (including phenoxy) is 1. The van der Waals surface area contributed by atoms with Gasteiger partial charge < -0.3 is 15.4 Å². The molecule has 1 aliphatic heterocycles. The average molecular weight is 325 g/mol. The van der Waals surface area contributed by atoms with Crippen LogP contribution in [0.25, 0.3) is 11.3 Å². The Morgan fingerprint density at radius 1 is 1.29 bits per heavy atom. The summed E-state index contributed by atoms with van der Waals surface area (Å²) < 4.78 is 5.71. The molecule has 0 bridgehead atoms. The summed E-state index contributed by atoms with van der Waals surface area (Å²) in [6.45, 7) is 1.44. The van der Waals surface area contributed by atoms with Gasteiger partial charge in [0.15, 0.2) is 0 Å². The molecule has 2 N–H and O–H groups in total. The van der Waals surface area contributed by atoms with E-state index in [0.717, 1.165) is 30.7 Å². The molecule has 0 unspecified atom stereocenters. The largest absolute Gasteiger partial charge is 0.399 e. The van der Waals surface area contributed by atoms with Crippen molar-refractivity contribution in [3.8, 4) is 11.3 Å². The lowest BCUT2D eigenvalue weighted by Crippen LogP contribution is -2.37. The molecule has 1 atom stereocenters. The van der Waals surface area contributed by atoms with Crippen LogP contribution in [-0.2, 0) is 4.74 Å². The number of hydrogen-bond donors (Lipinski definition) is 1. The van der Waals surface area contributed by atoms with E-state index < -0.39 is 0 Å². The molecule has 0 aliphatic carbocycles. The van der Waals surface area contributed by atoms with E-state index >= 15 is 0 Å². The second-order valence-corrected chi connectivity index (χ2v) is 6.23. The monoisotopic (exact) mass is 325 g/mol. The van der Waals surface area contributed by atoms with Gasteiger partial charge in [-0.05, 0) is 43.5 Å². The molecule has 24 heavy (non-hydrogen) atoms. The molecule has 5 heteroatoms. The average Bonchev–Trinajstić information content (AvgIpc) is 2.62. The number of amides is 1. The Hall–Kier alpha value is -2.40. The van der Waals surface area contributed by atoms with Crippen molar-refractivity contribution < 1.29 is 9.53 Å². The molecule has 0 saturated carbocycles. The van der Waals surface area contributed by atoms with Gasteiger partial charge in [-0.3, -0.25) is 9.78 Å². The van der Waals surface area contributed by atoms with Crippen LogP contribution in [0.2, 0.25) is 0 Å². The number of rotatable bonds is 4. The van der Waals surface area contributed by atoms with Crippen LogP contribution >= 0.6 is 0 Å². The minimum absolute atomic E-state index is 0.0104. The first kappa shape index (κ1) is 16.5. The maximum atomic E-state index is 12.6. The van der Waals surface area contributed by atoms with Crippen molar-refractivity contribution in [2.24, 2.45) is 0 Å². The van der Waals surface area contributed by atoms with E-state index in [1.54, 1.807) is 17.2 Å². The van der Waals surface area contributed by atoms with Crippen molar-refractivity contribution in [1.29, 1.82) is 0 Å². The van der Waals surface area contributed by atoms with Crippen LogP contribution in [0, 0.1) is 0 Å². The zero-order valence-corrected chi connectivity index (χ0v) is 13.9. The Kier molecular flexibility index (Phi) is 5.11. The summed E-state index contributed by atoms with van der Waals surface area (Å²) in [4.78, 5) is 18.6. The van der Waals surface area contributed by atoms with Gasteiger partial charge in [-0.15, -0.1) is 0 Å². The molecule has 2 heterocycles. The smallest absolute Gasteiger partial charge is 0.253 e. The normalized spacial score (nSPS) is 17.5. The molecule has 0 spiro atoms. The van der Waals surface area contributed by atoms with Gasteiger partial charge in [0.25, 0.3) is 5.91 Å². The molecular formula is C19H23N3O2. The number of nitrogens with two attached hydrogens (primary N) is 1. The molecule has 126 valence electrons. The van der Waals surface area contributed by atoms with E-state index in [0.29, 0.717) is 17.8 Å². The summed E-state index contributed by atoms with van der Waals surface area (Å²) in [6.07, 6.45) is 5.16. The first-order chi connectivity index (χ1) is 11.6. The van der Waals surface area contributed by atoms with Gasteiger partial charge in [0, 0.05) is 43.2 Å². The second kappa shape index (κ2) is 7.45. The summed E-state index contributed by atoms with van der Waals surface area (Å²) >= 11 is 0. The molecule has 1 saturated heterocycles. The molecule has 2 aromatic rings. The number of benzene rings is 1. The fourth-order valence-corrected chi connectivity index (χ4v) is 2.95. The molecule has 1 fully saturated rings. The van der Waals surface area contributed by atoms with Crippen LogP contribution < -0.4 is 5.73 Å². The maximum absolute atomic E-state index is 12.6. The van der Waals surface area contributed by atoms with Gasteiger partial charge in [0.1, 0.15) is 0 Å². The van der Waals surface area contributed by atoms with E-state index in [1.807, 2.05) is 37.4 Å². The predicted molar refractivity (Wildman–Crippen MR) is 94.6 cm³/mol. The van der Waals surface area contributed by atoms with Crippen LogP contribution in [0.3, 0.4) is 0 Å². The lowest BCUT2D eigenvalue weighted by Gasteiger charge is -2.27. The molecular weight excluding hydrogens is 302 g/mol. The van der Waals surface area contributed by atoms with Crippen LogP contribution in [-0.4, -0.2) is 42.1 Å². The number of carbonyl (C=O) groups excluding carboxylic acids is 1. The Labute approximate surface area is 142 Å². The third-order valence-corrected chi connectivity index (χ3v) is 4.31. The Morgan fingerprint density at radius 3 is 2.75 bits per heavy atom. The highest BCUT2D eigenvalue weighted by atomic mass is 16.5. The van der Waals surface area contributed by atoms with Crippen LogP contribution in [0.15, 0.2) is 42.6 Å². The fraction of sp³-hybridized carbons (Fsp3) is 0.368. The van der Waals surface area contributed by atoms with E-state index in [-0.39, 0.29) is 12.0 Å². The third kappa shape index (κ3) is 3.92. The van der Waals surface area contributed by atoms with Crippen LogP contribution in [0.4, 0.5) is 5.69 Å². The van der Waals surface area contributed by atoms with E-state index in [1.165, 1.54) is 6.42 Å². The van der Waals surface area contributed by atoms with E-state index in [9.17, 15) is 4.79 Å². The summed E-state index contributed by atoms with van der Waals surface area (Å²) in [6, 6.07) is 11.1. The standard InChI is InChI=1S/C19H23N3O2/c1-22(13-17-4-2-3-11-24-17)19(23)15-7-5-14(6-8-15)18-12-16(20)9-10-21-18/h5-10,12,17H,2-4,11,13H2,1H3,(H2,20,21)/t17-/m0/s1. The lowest BCUT2D eigenvalue weighted by molar-refractivity contribution is -0.000186. The first-order valence-electron chi connectivity index (χ1n) is 8.32. The third-order valence-electron chi connectivity index (χ3n) is 4.31. The molecule has 0 radical (unpaired) electrons. The molecule has 1 amide bonds. The Morgan fingerprint density at radius 2 is 2.08 bits per heavy atom. The van der Waals surface area contributed by atoms with Gasteiger partial charge in [-0.1, -0.05) is 12.1 Å². The molecule has 1 aliphatic rings. The fourth-order valence-electron chi connectivity index (χ4n) is 2.95. The van der Waals surface area contributed by atoms with Crippen molar-refractivity contribution in [2.45, 2.75) is 25.4 Å². The highest BCUT2D eigenvalue weighted by Crippen LogP contribution is 2.20. The predicted octanol–water partition coefficient (Wildman–Crippen LogP) is 2.97. The highest BCUT2D eigenvalue weighted by Gasteiger charge is 2.19. The number of nitrogens with zero attached hydrogens (tertiary/aromatic N) is 2. The Balaban J connectivity index is 1.67. The maximum Gasteiger partial charge on any atom is 0.253 e. The lowest BCUT2D eigenvalue weighted by atomic mass is 10.1. The zero-order valence-electron chi connectivity index (χ0n) is 13.9. The highest BCUT2D eigenvalue weighted by molar-refractivity contribution is 5.94. The minimum Gasteiger partial charge on any atom is -0.399 e. The molecule has 3 rings (SSSR count). The molecule has 1 aromatic heterocycles. The second-order valence-electron chi connectivity index (χ2n) is 6.23. The van der Waals surface area contributed by atoms with Crippen molar-refractivity contribution in [2.75, 3.05) is 25.9 Å². The van der Waals surface area contributed by atoms with Crippen LogP contribution in [0.1, 0.15) is 29.6 Å². The number of aromatic nitrogens is 1. The minimum atomic E-state index is 0.0104. The molecule has 1 aromatic carbocycles. The Bertz CT molecular complexity index is 694. The van der Waals surface area contributed by atoms with Crippen molar-refractivity contribution in [3.63, 3.8) is 0 Å². The van der Waals surface area contributed by atoms with Crippen molar-refractivity contribution in [3.05, 3.63) is 48.2 Å². The van der Waals surface area contributed by atoms with Crippen LogP contribution in [0.5, 0.6) is 0 Å². The van der Waals surface area contributed by atoms with Gasteiger partial charge in [0.05, 0.1) is 11.8 Å². The van der Waals surface area contributed by atoms with Gasteiger partial charge in [-0.25, -0.2) is 0 Å². The van der Waals surface area contributed by atoms with Gasteiger partial charge in [0.2, 0.25) is 0 Å². The number of nitrogen functional groups attached to an aromatic ring is 1. The summed E-state index contributed by atoms with van der Waals surface area (Å²) in [5.41, 5.74) is 8.88. The zero-order chi connectivity index (χ0) is 16.9. The van der Waals surface area contributed by atoms with Crippen molar-refractivity contribution in [1.82, 2.24) is 9.88 Å². The number of carbonyl (C=O) groups is 1. The van der Waals surface area contributed by atoms with Gasteiger partial charge in [-0.2, -0.15) is 0 Å². The number of hydrogen-bond acceptors (Lipinski definition) is 4. The topological polar surface area (TPSA) is 68.5 Å². The summed E-state index contributed by atoms with van der Waals surface area (Å²) in [5, 5.41) is 0. The number of anilines is 1. The number of likely N-dealkylation sites (N-methyl/N-ethyl adjacent to an activating group) is 1. The first-order valence-corrected chi connectivity index (χ1v) is 8.32. The van der Waals surface area contributed by atoms with E-state index in [2.05, 4.69) is 4.98 Å². The van der Waals surface area contributed by atoms with Crippen molar-refractivity contribution >= 4 is 11.6 Å². The quantitative estimate of drug-likeness (QED) is 0.938.